The molecular weight excluding hydrogens is 202 g/mol. The zero-order valence-corrected chi connectivity index (χ0v) is 9.52. The van der Waals surface area contributed by atoms with Gasteiger partial charge in [-0.1, -0.05) is 0 Å². The smallest absolute Gasteiger partial charge is 0.219 e. The van der Waals surface area contributed by atoms with Crippen LogP contribution in [0.1, 0.15) is 31.2 Å². The highest BCUT2D eigenvalue weighted by atomic mass is 16.5. The van der Waals surface area contributed by atoms with Gasteiger partial charge >= 0.3 is 0 Å². The number of hydrogen-bond donors (Lipinski definition) is 1. The zero-order valence-electron chi connectivity index (χ0n) is 9.52. The van der Waals surface area contributed by atoms with E-state index in [0.717, 1.165) is 31.2 Å². The maximum atomic E-state index is 11.0. The van der Waals surface area contributed by atoms with Crippen LogP contribution in [-0.2, 0) is 5.60 Å². The average molecular weight is 219 g/mol. The van der Waals surface area contributed by atoms with E-state index in [9.17, 15) is 5.11 Å². The van der Waals surface area contributed by atoms with E-state index in [0.29, 0.717) is 17.7 Å². The molecule has 3 rings (SSSR count). The third-order valence-electron chi connectivity index (χ3n) is 3.80. The number of pyridine rings is 1. The number of nitrogens with zero attached hydrogens (tertiary/aromatic N) is 1. The van der Waals surface area contributed by atoms with Crippen LogP contribution in [0.5, 0.6) is 5.88 Å². The van der Waals surface area contributed by atoms with Gasteiger partial charge in [0.05, 0.1) is 7.11 Å². The molecule has 2 fully saturated rings. The summed E-state index contributed by atoms with van der Waals surface area (Å²) in [5, 5.41) is 11.0. The van der Waals surface area contributed by atoms with Crippen LogP contribution in [0.3, 0.4) is 0 Å². The van der Waals surface area contributed by atoms with Gasteiger partial charge in [-0.25, -0.2) is 4.98 Å². The van der Waals surface area contributed by atoms with Crippen LogP contribution in [0.15, 0.2) is 18.3 Å². The summed E-state index contributed by atoms with van der Waals surface area (Å²) in [5.74, 6) is 1.42. The van der Waals surface area contributed by atoms with Gasteiger partial charge in [0, 0.05) is 11.8 Å². The fourth-order valence-corrected chi connectivity index (χ4v) is 2.68. The lowest BCUT2D eigenvalue weighted by Crippen LogP contribution is -2.31. The van der Waals surface area contributed by atoms with Crippen LogP contribution in [0, 0.1) is 11.8 Å². The molecule has 1 aromatic heterocycles. The van der Waals surface area contributed by atoms with Crippen molar-refractivity contribution in [2.45, 2.75) is 31.3 Å². The van der Waals surface area contributed by atoms with Gasteiger partial charge in [0.2, 0.25) is 5.88 Å². The van der Waals surface area contributed by atoms with Crippen LogP contribution in [0.25, 0.3) is 0 Å². The molecular formula is C13H17NO2. The monoisotopic (exact) mass is 219 g/mol. The molecule has 1 heterocycles. The van der Waals surface area contributed by atoms with E-state index in [4.69, 9.17) is 4.74 Å². The summed E-state index contributed by atoms with van der Waals surface area (Å²) >= 11 is 0. The maximum Gasteiger partial charge on any atom is 0.219 e. The summed E-state index contributed by atoms with van der Waals surface area (Å²) in [5.41, 5.74) is 0.210. The Morgan fingerprint density at radius 1 is 1.31 bits per heavy atom. The predicted octanol–water partition coefficient (Wildman–Crippen LogP) is 2.10. The minimum atomic E-state index is -0.681. The Balaban J connectivity index is 2.04. The molecule has 16 heavy (non-hydrogen) atoms. The van der Waals surface area contributed by atoms with Gasteiger partial charge in [-0.3, -0.25) is 0 Å². The van der Waals surface area contributed by atoms with Crippen molar-refractivity contribution in [3.8, 4) is 5.88 Å². The highest BCUT2D eigenvalue weighted by molar-refractivity contribution is 5.35. The fourth-order valence-electron chi connectivity index (χ4n) is 2.68. The SMILES string of the molecule is COc1ncccc1C(O)(C1CC1)C1CC1. The molecule has 0 spiro atoms. The van der Waals surface area contributed by atoms with E-state index in [-0.39, 0.29) is 0 Å². The Hall–Kier alpha value is -1.09. The second kappa shape index (κ2) is 3.45. The molecule has 86 valence electrons. The number of methoxy groups -OCH3 is 1. The Morgan fingerprint density at radius 2 is 1.94 bits per heavy atom. The van der Waals surface area contributed by atoms with Gasteiger partial charge in [0.25, 0.3) is 0 Å². The summed E-state index contributed by atoms with van der Waals surface area (Å²) in [6.45, 7) is 0. The number of ether oxygens (including phenoxy) is 1. The van der Waals surface area contributed by atoms with Crippen LogP contribution in [0.2, 0.25) is 0 Å². The predicted molar refractivity (Wildman–Crippen MR) is 60.1 cm³/mol. The summed E-state index contributed by atoms with van der Waals surface area (Å²) in [4.78, 5) is 4.20. The van der Waals surface area contributed by atoms with E-state index < -0.39 is 5.60 Å². The fraction of sp³-hybridized carbons (Fsp3) is 0.615. The van der Waals surface area contributed by atoms with Gasteiger partial charge in [-0.15, -0.1) is 0 Å². The minimum Gasteiger partial charge on any atom is -0.481 e. The van der Waals surface area contributed by atoms with Crippen LogP contribution in [0.4, 0.5) is 0 Å². The van der Waals surface area contributed by atoms with Crippen molar-refractivity contribution in [3.05, 3.63) is 23.9 Å². The van der Waals surface area contributed by atoms with Gasteiger partial charge < -0.3 is 9.84 Å². The van der Waals surface area contributed by atoms with Crippen molar-refractivity contribution in [1.29, 1.82) is 0 Å². The Bertz CT molecular complexity index is 385. The molecule has 1 N–H and O–H groups in total. The molecule has 2 saturated carbocycles. The molecule has 0 atom stereocenters. The minimum absolute atomic E-state index is 0.415. The van der Waals surface area contributed by atoms with Crippen molar-refractivity contribution in [3.63, 3.8) is 0 Å². The van der Waals surface area contributed by atoms with Gasteiger partial charge in [0.15, 0.2) is 0 Å². The molecule has 0 unspecified atom stereocenters. The topological polar surface area (TPSA) is 42.4 Å². The lowest BCUT2D eigenvalue weighted by Gasteiger charge is -2.29. The van der Waals surface area contributed by atoms with Crippen molar-refractivity contribution in [2.75, 3.05) is 7.11 Å². The first-order valence-electron chi connectivity index (χ1n) is 5.98. The molecule has 1 aromatic rings. The molecule has 0 saturated heterocycles. The number of aromatic nitrogens is 1. The van der Waals surface area contributed by atoms with E-state index in [1.165, 1.54) is 0 Å². The Morgan fingerprint density at radius 3 is 2.44 bits per heavy atom. The molecule has 0 amide bonds. The third kappa shape index (κ3) is 1.42. The highest BCUT2D eigenvalue weighted by Crippen LogP contribution is 2.58. The molecule has 0 bridgehead atoms. The molecule has 3 heteroatoms. The van der Waals surface area contributed by atoms with Crippen molar-refractivity contribution in [1.82, 2.24) is 4.98 Å². The molecule has 0 radical (unpaired) electrons. The van der Waals surface area contributed by atoms with E-state index >= 15 is 0 Å². The first-order chi connectivity index (χ1) is 7.76. The first-order valence-corrected chi connectivity index (χ1v) is 5.98. The standard InChI is InChI=1S/C13H17NO2/c1-16-12-11(3-2-8-14-12)13(15,9-4-5-9)10-6-7-10/h2-3,8-10,15H,4-7H2,1H3. The Kier molecular flexibility index (Phi) is 2.18. The van der Waals surface area contributed by atoms with Crippen molar-refractivity contribution in [2.24, 2.45) is 11.8 Å². The molecule has 3 nitrogen and oxygen atoms in total. The van der Waals surface area contributed by atoms with E-state index in [1.54, 1.807) is 13.3 Å². The highest BCUT2D eigenvalue weighted by Gasteiger charge is 2.55. The number of aliphatic hydroxyl groups is 1. The maximum absolute atomic E-state index is 11.0. The molecule has 2 aliphatic carbocycles. The summed E-state index contributed by atoms with van der Waals surface area (Å²) < 4.78 is 5.28. The average Bonchev–Trinajstić information content (AvgIpc) is 3.20. The summed E-state index contributed by atoms with van der Waals surface area (Å²) in [7, 11) is 1.62. The van der Waals surface area contributed by atoms with E-state index in [2.05, 4.69) is 4.98 Å². The molecule has 2 aliphatic rings. The quantitative estimate of drug-likeness (QED) is 0.843. The van der Waals surface area contributed by atoms with Gasteiger partial charge in [-0.2, -0.15) is 0 Å². The van der Waals surface area contributed by atoms with E-state index in [1.807, 2.05) is 12.1 Å². The van der Waals surface area contributed by atoms with Crippen LogP contribution in [-0.4, -0.2) is 17.2 Å². The van der Waals surface area contributed by atoms with Crippen LogP contribution >= 0.6 is 0 Å². The van der Waals surface area contributed by atoms with Gasteiger partial charge in [-0.05, 0) is 49.7 Å². The van der Waals surface area contributed by atoms with Gasteiger partial charge in [0.1, 0.15) is 5.60 Å². The largest absolute Gasteiger partial charge is 0.481 e. The second-order valence-corrected chi connectivity index (χ2v) is 4.93. The second-order valence-electron chi connectivity index (χ2n) is 4.93. The zero-order chi connectivity index (χ0) is 11.2. The molecule has 0 aliphatic heterocycles. The first kappa shape index (κ1) is 10.1. The number of rotatable bonds is 4. The lowest BCUT2D eigenvalue weighted by atomic mass is 9.84. The van der Waals surface area contributed by atoms with Crippen LogP contribution < -0.4 is 4.74 Å². The Labute approximate surface area is 95.5 Å². The lowest BCUT2D eigenvalue weighted by molar-refractivity contribution is -0.0127. The van der Waals surface area contributed by atoms with Crippen molar-refractivity contribution < 1.29 is 9.84 Å². The number of hydrogen-bond acceptors (Lipinski definition) is 3. The summed E-state index contributed by atoms with van der Waals surface area (Å²) in [6, 6.07) is 3.84. The van der Waals surface area contributed by atoms with Crippen molar-refractivity contribution >= 4 is 0 Å². The normalized spacial score (nSPS) is 20.9. The molecule has 0 aromatic carbocycles. The summed E-state index contributed by atoms with van der Waals surface area (Å²) in [6.07, 6.45) is 6.23. The third-order valence-corrected chi connectivity index (χ3v) is 3.80.